The highest BCUT2D eigenvalue weighted by Gasteiger charge is 2.40. The number of nitrogens with zero attached hydrogens (tertiary/aromatic N) is 2. The van der Waals surface area contributed by atoms with Crippen molar-refractivity contribution in [3.05, 3.63) is 21.7 Å². The summed E-state index contributed by atoms with van der Waals surface area (Å²) in [6.07, 6.45) is 2.48. The van der Waals surface area contributed by atoms with Crippen LogP contribution in [0.25, 0.3) is 0 Å². The van der Waals surface area contributed by atoms with Crippen LogP contribution in [0.5, 0.6) is 0 Å². The molecule has 0 bridgehead atoms. The van der Waals surface area contributed by atoms with Crippen molar-refractivity contribution in [1.82, 2.24) is 10.2 Å². The number of hydrogen-bond donors (Lipinski definition) is 3. The van der Waals surface area contributed by atoms with Gasteiger partial charge in [0.05, 0.1) is 10.6 Å². The van der Waals surface area contributed by atoms with Gasteiger partial charge in [-0.05, 0) is 83.7 Å². The lowest BCUT2D eigenvalue weighted by Gasteiger charge is -2.46. The molecule has 1 aliphatic carbocycles. The Morgan fingerprint density at radius 3 is 2.31 bits per heavy atom. The molecule has 0 aromatic carbocycles. The maximum atomic E-state index is 8.47. The SMILES string of the molecule is CC(C)(C)N(C1=NC(=N)C(=C2NC(=N)C3=C2CC(Cl)CC3)S1)C(C)(C)C. The van der Waals surface area contributed by atoms with Crippen molar-refractivity contribution in [2.24, 2.45) is 4.99 Å². The second-order valence-electron chi connectivity index (χ2n) is 9.02. The zero-order valence-corrected chi connectivity index (χ0v) is 18.0. The van der Waals surface area contributed by atoms with Gasteiger partial charge in [0.2, 0.25) is 0 Å². The van der Waals surface area contributed by atoms with Crippen LogP contribution in [0.1, 0.15) is 60.8 Å². The van der Waals surface area contributed by atoms with Crippen molar-refractivity contribution >= 4 is 40.2 Å². The molecule has 7 heteroatoms. The highest BCUT2D eigenvalue weighted by Crippen LogP contribution is 2.43. The molecule has 3 rings (SSSR count). The monoisotopic (exact) mass is 393 g/mol. The van der Waals surface area contributed by atoms with Crippen molar-refractivity contribution in [2.75, 3.05) is 0 Å². The molecule has 142 valence electrons. The molecule has 1 unspecified atom stereocenters. The fraction of sp³-hybridized carbons (Fsp3) is 0.632. The van der Waals surface area contributed by atoms with Gasteiger partial charge in [0.1, 0.15) is 5.84 Å². The van der Waals surface area contributed by atoms with Gasteiger partial charge in [0, 0.05) is 16.5 Å². The summed E-state index contributed by atoms with van der Waals surface area (Å²) in [6, 6.07) is 0. The van der Waals surface area contributed by atoms with E-state index in [1.807, 2.05) is 0 Å². The topological polar surface area (TPSA) is 75.3 Å². The first-order chi connectivity index (χ1) is 11.9. The van der Waals surface area contributed by atoms with Crippen molar-refractivity contribution in [3.8, 4) is 0 Å². The van der Waals surface area contributed by atoms with Crippen LogP contribution in [-0.2, 0) is 0 Å². The van der Waals surface area contributed by atoms with Gasteiger partial charge in [-0.2, -0.15) is 0 Å². The quantitative estimate of drug-likeness (QED) is 0.515. The number of alkyl halides is 1. The van der Waals surface area contributed by atoms with Crippen molar-refractivity contribution in [1.29, 1.82) is 10.8 Å². The highest BCUT2D eigenvalue weighted by atomic mass is 35.5. The van der Waals surface area contributed by atoms with Gasteiger partial charge in [-0.1, -0.05) is 0 Å². The van der Waals surface area contributed by atoms with Crippen molar-refractivity contribution in [2.45, 2.75) is 77.3 Å². The van der Waals surface area contributed by atoms with E-state index >= 15 is 0 Å². The van der Waals surface area contributed by atoms with Crippen LogP contribution in [0.3, 0.4) is 0 Å². The number of rotatable bonds is 0. The molecular formula is C19H28ClN5S. The molecule has 0 saturated heterocycles. The smallest absolute Gasteiger partial charge is 0.172 e. The maximum absolute atomic E-state index is 8.47. The zero-order chi connectivity index (χ0) is 19.4. The molecule has 2 aliphatic heterocycles. The lowest BCUT2D eigenvalue weighted by Crippen LogP contribution is -2.54. The second kappa shape index (κ2) is 6.41. The van der Waals surface area contributed by atoms with Crippen LogP contribution in [0.2, 0.25) is 0 Å². The molecule has 0 fully saturated rings. The number of thioether (sulfide) groups is 1. The summed E-state index contributed by atoms with van der Waals surface area (Å²) in [5.74, 6) is 0.723. The van der Waals surface area contributed by atoms with Gasteiger partial charge in [-0.3, -0.25) is 10.8 Å². The van der Waals surface area contributed by atoms with Crippen LogP contribution in [0, 0.1) is 10.8 Å². The zero-order valence-electron chi connectivity index (χ0n) is 16.4. The van der Waals surface area contributed by atoms with E-state index in [4.69, 9.17) is 22.4 Å². The summed E-state index contributed by atoms with van der Waals surface area (Å²) in [7, 11) is 0. The van der Waals surface area contributed by atoms with Gasteiger partial charge in [-0.15, -0.1) is 11.6 Å². The van der Waals surface area contributed by atoms with E-state index in [1.54, 1.807) is 0 Å². The number of halogens is 1. The number of amidine groups is 3. The average molecular weight is 394 g/mol. The molecule has 26 heavy (non-hydrogen) atoms. The summed E-state index contributed by atoms with van der Waals surface area (Å²) in [6.45, 7) is 13.0. The fourth-order valence-electron chi connectivity index (χ4n) is 4.05. The highest BCUT2D eigenvalue weighted by molar-refractivity contribution is 8.18. The van der Waals surface area contributed by atoms with E-state index in [2.05, 4.69) is 56.8 Å². The average Bonchev–Trinajstić information content (AvgIpc) is 2.96. The van der Waals surface area contributed by atoms with Crippen molar-refractivity contribution < 1.29 is 0 Å². The minimum Gasteiger partial charge on any atom is -0.341 e. The number of allylic oxidation sites excluding steroid dienone is 1. The normalized spacial score (nSPS) is 26.9. The Balaban J connectivity index is 1.99. The Labute approximate surface area is 165 Å². The van der Waals surface area contributed by atoms with Crippen LogP contribution >= 0.6 is 23.4 Å². The first-order valence-electron chi connectivity index (χ1n) is 9.02. The van der Waals surface area contributed by atoms with E-state index in [9.17, 15) is 0 Å². The molecule has 0 spiro atoms. The van der Waals surface area contributed by atoms with Gasteiger partial charge >= 0.3 is 0 Å². The third-order valence-electron chi connectivity index (χ3n) is 4.73. The molecule has 1 atom stereocenters. The van der Waals surface area contributed by atoms with Crippen LogP contribution in [-0.4, -0.2) is 38.2 Å². The molecule has 0 saturated carbocycles. The van der Waals surface area contributed by atoms with Crippen LogP contribution in [0.15, 0.2) is 26.7 Å². The predicted molar refractivity (Wildman–Crippen MR) is 113 cm³/mol. The number of hydrogen-bond acceptors (Lipinski definition) is 4. The summed E-state index contributed by atoms with van der Waals surface area (Å²) < 4.78 is 0. The summed E-state index contributed by atoms with van der Waals surface area (Å²) in [5, 5.41) is 20.9. The minimum atomic E-state index is -0.114. The molecule has 3 aliphatic rings. The Kier molecular flexibility index (Phi) is 4.81. The van der Waals surface area contributed by atoms with Crippen LogP contribution in [0.4, 0.5) is 0 Å². The first-order valence-corrected chi connectivity index (χ1v) is 10.3. The minimum absolute atomic E-state index is 0.0960. The lowest BCUT2D eigenvalue weighted by atomic mass is 9.91. The molecule has 5 nitrogen and oxygen atoms in total. The number of nitrogens with one attached hydrogen (secondary N) is 3. The van der Waals surface area contributed by atoms with Gasteiger partial charge in [-0.25, -0.2) is 4.99 Å². The first kappa shape index (κ1) is 19.5. The lowest BCUT2D eigenvalue weighted by molar-refractivity contribution is 0.128. The molecule has 2 heterocycles. The molecule has 0 radical (unpaired) electrons. The van der Waals surface area contributed by atoms with Gasteiger partial charge in [0.15, 0.2) is 11.0 Å². The molecule has 0 aromatic heterocycles. The maximum Gasteiger partial charge on any atom is 0.172 e. The van der Waals surface area contributed by atoms with E-state index in [1.165, 1.54) is 11.8 Å². The number of aliphatic imine (C=N–C) groups is 1. The Morgan fingerprint density at radius 2 is 1.73 bits per heavy atom. The second-order valence-corrected chi connectivity index (χ2v) is 10.6. The summed E-state index contributed by atoms with van der Waals surface area (Å²) in [5.41, 5.74) is 2.79. The Morgan fingerprint density at radius 1 is 1.12 bits per heavy atom. The fourth-order valence-corrected chi connectivity index (χ4v) is 5.69. The van der Waals surface area contributed by atoms with E-state index in [0.29, 0.717) is 5.84 Å². The van der Waals surface area contributed by atoms with Gasteiger partial charge < -0.3 is 10.2 Å². The van der Waals surface area contributed by atoms with E-state index in [-0.39, 0.29) is 22.3 Å². The Bertz CT molecular complexity index is 750. The third-order valence-corrected chi connectivity index (χ3v) is 6.16. The van der Waals surface area contributed by atoms with Gasteiger partial charge in [0.25, 0.3) is 0 Å². The van der Waals surface area contributed by atoms with E-state index in [0.717, 1.165) is 46.2 Å². The largest absolute Gasteiger partial charge is 0.341 e. The third kappa shape index (κ3) is 3.46. The standard InChI is InChI=1S/C19H28ClN5S/c1-18(2,3)25(19(4,5)6)17-24-16(22)14(26-17)13-12-9-10(20)7-8-11(12)15(21)23-13/h10,22H,7-9H2,1-6H3,(H2,21,23). The predicted octanol–water partition coefficient (Wildman–Crippen LogP) is 4.85. The molecule has 0 amide bonds. The summed E-state index contributed by atoms with van der Waals surface area (Å²) in [4.78, 5) is 7.67. The summed E-state index contributed by atoms with van der Waals surface area (Å²) >= 11 is 7.92. The van der Waals surface area contributed by atoms with Crippen molar-refractivity contribution in [3.63, 3.8) is 0 Å². The molecular weight excluding hydrogens is 366 g/mol. The van der Waals surface area contributed by atoms with E-state index < -0.39 is 0 Å². The molecule has 0 aromatic rings. The molecule has 3 N–H and O–H groups in total. The Hall–Kier alpha value is -1.27. The van der Waals surface area contributed by atoms with Crippen LogP contribution < -0.4 is 5.32 Å².